The van der Waals surface area contributed by atoms with Gasteiger partial charge in [-0.1, -0.05) is 24.3 Å². The second-order valence-corrected chi connectivity index (χ2v) is 4.46. The van der Waals surface area contributed by atoms with Crippen molar-refractivity contribution in [2.24, 2.45) is 5.73 Å². The minimum absolute atomic E-state index is 0.327. The Morgan fingerprint density at radius 1 is 1.28 bits per heavy atom. The number of nitrogens with two attached hydrogens (primary N) is 1. The van der Waals surface area contributed by atoms with Crippen LogP contribution in [0.4, 0.5) is 5.82 Å². The standard InChI is InChI=1S/C13H18N4O/c1-8-10-5-3-4-6-11(10)13(17-16-8)15-7-12(14)9(2)18/h3-6,9,12,18H,7,14H2,1-2H3,(H,15,17). The molecular weight excluding hydrogens is 228 g/mol. The molecule has 0 radical (unpaired) electrons. The Hall–Kier alpha value is -1.72. The van der Waals surface area contributed by atoms with Gasteiger partial charge in [0, 0.05) is 23.4 Å². The highest BCUT2D eigenvalue weighted by molar-refractivity contribution is 5.92. The number of rotatable bonds is 4. The van der Waals surface area contributed by atoms with Crippen LogP contribution in [-0.4, -0.2) is 34.0 Å². The van der Waals surface area contributed by atoms with E-state index in [1.165, 1.54) is 0 Å². The molecule has 4 N–H and O–H groups in total. The van der Waals surface area contributed by atoms with Crippen LogP contribution in [0.15, 0.2) is 24.3 Å². The van der Waals surface area contributed by atoms with Gasteiger partial charge >= 0.3 is 0 Å². The van der Waals surface area contributed by atoms with Crippen molar-refractivity contribution >= 4 is 16.6 Å². The molecular formula is C13H18N4O. The SMILES string of the molecule is Cc1nnc(NCC(N)C(C)O)c2ccccc12. The van der Waals surface area contributed by atoms with Crippen LogP contribution in [0.5, 0.6) is 0 Å². The molecule has 96 valence electrons. The van der Waals surface area contributed by atoms with E-state index in [1.807, 2.05) is 31.2 Å². The van der Waals surface area contributed by atoms with E-state index in [9.17, 15) is 5.11 Å². The van der Waals surface area contributed by atoms with Crippen molar-refractivity contribution in [1.29, 1.82) is 0 Å². The average Bonchev–Trinajstić information content (AvgIpc) is 2.38. The Morgan fingerprint density at radius 2 is 1.94 bits per heavy atom. The first-order valence-electron chi connectivity index (χ1n) is 5.99. The van der Waals surface area contributed by atoms with Crippen molar-refractivity contribution < 1.29 is 5.11 Å². The maximum atomic E-state index is 9.36. The van der Waals surface area contributed by atoms with Crippen molar-refractivity contribution in [3.63, 3.8) is 0 Å². The van der Waals surface area contributed by atoms with E-state index in [2.05, 4.69) is 15.5 Å². The topological polar surface area (TPSA) is 84.1 Å². The van der Waals surface area contributed by atoms with Crippen molar-refractivity contribution in [3.05, 3.63) is 30.0 Å². The van der Waals surface area contributed by atoms with Crippen LogP contribution in [0.1, 0.15) is 12.6 Å². The molecule has 0 spiro atoms. The summed E-state index contributed by atoms with van der Waals surface area (Å²) in [6, 6.07) is 7.62. The first-order valence-corrected chi connectivity index (χ1v) is 5.99. The predicted octanol–water partition coefficient (Wildman–Crippen LogP) is 1.06. The fraction of sp³-hybridized carbons (Fsp3) is 0.385. The molecule has 0 aliphatic heterocycles. The Morgan fingerprint density at radius 3 is 2.61 bits per heavy atom. The lowest BCUT2D eigenvalue weighted by Crippen LogP contribution is -2.38. The first-order chi connectivity index (χ1) is 8.59. The van der Waals surface area contributed by atoms with Gasteiger partial charge in [-0.3, -0.25) is 0 Å². The van der Waals surface area contributed by atoms with E-state index in [1.54, 1.807) is 6.92 Å². The first kappa shape index (κ1) is 12.7. The van der Waals surface area contributed by atoms with Crippen molar-refractivity contribution in [2.45, 2.75) is 26.0 Å². The molecule has 5 heteroatoms. The minimum atomic E-state index is -0.554. The molecule has 0 amide bonds. The second kappa shape index (κ2) is 5.29. The van der Waals surface area contributed by atoms with Gasteiger partial charge in [-0.2, -0.15) is 5.10 Å². The highest BCUT2D eigenvalue weighted by atomic mass is 16.3. The molecule has 2 rings (SSSR count). The van der Waals surface area contributed by atoms with E-state index in [0.717, 1.165) is 16.5 Å². The number of aromatic nitrogens is 2. The number of aryl methyl sites for hydroxylation is 1. The summed E-state index contributed by atoms with van der Waals surface area (Å²) in [6.07, 6.45) is -0.554. The summed E-state index contributed by atoms with van der Waals surface area (Å²) in [6.45, 7) is 4.06. The Balaban J connectivity index is 2.26. The third kappa shape index (κ3) is 2.57. The van der Waals surface area contributed by atoms with Crippen LogP contribution >= 0.6 is 0 Å². The number of aliphatic hydroxyl groups is 1. The lowest BCUT2D eigenvalue weighted by molar-refractivity contribution is 0.168. The highest BCUT2D eigenvalue weighted by Crippen LogP contribution is 2.22. The zero-order chi connectivity index (χ0) is 13.1. The van der Waals surface area contributed by atoms with Crippen molar-refractivity contribution in [1.82, 2.24) is 10.2 Å². The van der Waals surface area contributed by atoms with Gasteiger partial charge in [0.2, 0.25) is 0 Å². The molecule has 2 atom stereocenters. The largest absolute Gasteiger partial charge is 0.392 e. The molecule has 1 aromatic heterocycles. The van der Waals surface area contributed by atoms with Gasteiger partial charge in [-0.25, -0.2) is 0 Å². The Kier molecular flexibility index (Phi) is 3.74. The van der Waals surface area contributed by atoms with Crippen molar-refractivity contribution in [2.75, 3.05) is 11.9 Å². The van der Waals surface area contributed by atoms with Gasteiger partial charge in [0.15, 0.2) is 5.82 Å². The molecule has 0 aliphatic carbocycles. The maximum Gasteiger partial charge on any atom is 0.156 e. The van der Waals surface area contributed by atoms with Crippen LogP contribution in [0, 0.1) is 6.92 Å². The third-order valence-corrected chi connectivity index (χ3v) is 3.00. The summed E-state index contributed by atoms with van der Waals surface area (Å²) in [4.78, 5) is 0. The summed E-state index contributed by atoms with van der Waals surface area (Å²) in [5.74, 6) is 0.701. The van der Waals surface area contributed by atoms with Gasteiger partial charge in [0.25, 0.3) is 0 Å². The number of hydrogen-bond acceptors (Lipinski definition) is 5. The number of benzene rings is 1. The lowest BCUT2D eigenvalue weighted by atomic mass is 10.1. The van der Waals surface area contributed by atoms with Crippen LogP contribution in [-0.2, 0) is 0 Å². The van der Waals surface area contributed by atoms with Crippen LogP contribution < -0.4 is 11.1 Å². The molecule has 0 aliphatic rings. The molecule has 0 fully saturated rings. The quantitative estimate of drug-likeness (QED) is 0.751. The lowest BCUT2D eigenvalue weighted by Gasteiger charge is -2.16. The fourth-order valence-electron chi connectivity index (χ4n) is 1.75. The molecule has 0 saturated heterocycles. The van der Waals surface area contributed by atoms with E-state index in [4.69, 9.17) is 5.73 Å². The smallest absolute Gasteiger partial charge is 0.156 e. The highest BCUT2D eigenvalue weighted by Gasteiger charge is 2.11. The van der Waals surface area contributed by atoms with Crippen LogP contribution in [0.3, 0.4) is 0 Å². The van der Waals surface area contributed by atoms with E-state index in [0.29, 0.717) is 12.4 Å². The molecule has 18 heavy (non-hydrogen) atoms. The maximum absolute atomic E-state index is 9.36. The number of nitrogens with zero attached hydrogens (tertiary/aromatic N) is 2. The minimum Gasteiger partial charge on any atom is -0.392 e. The van der Waals surface area contributed by atoms with Gasteiger partial charge in [-0.15, -0.1) is 5.10 Å². The molecule has 5 nitrogen and oxygen atoms in total. The molecule has 1 heterocycles. The van der Waals surface area contributed by atoms with E-state index < -0.39 is 6.10 Å². The molecule has 2 aromatic rings. The summed E-state index contributed by atoms with van der Waals surface area (Å²) < 4.78 is 0. The van der Waals surface area contributed by atoms with Gasteiger partial charge in [0.1, 0.15) is 0 Å². The van der Waals surface area contributed by atoms with Gasteiger partial charge in [0.05, 0.1) is 11.8 Å². The number of anilines is 1. The van der Waals surface area contributed by atoms with Gasteiger partial charge in [-0.05, 0) is 13.8 Å². The van der Waals surface area contributed by atoms with Crippen molar-refractivity contribution in [3.8, 4) is 0 Å². The average molecular weight is 246 g/mol. The summed E-state index contributed by atoms with van der Waals surface area (Å²) >= 11 is 0. The zero-order valence-corrected chi connectivity index (χ0v) is 10.6. The number of fused-ring (bicyclic) bond motifs is 1. The summed E-state index contributed by atoms with van der Waals surface area (Å²) in [7, 11) is 0. The van der Waals surface area contributed by atoms with Crippen LogP contribution in [0.2, 0.25) is 0 Å². The molecule has 0 saturated carbocycles. The van der Waals surface area contributed by atoms with E-state index in [-0.39, 0.29) is 6.04 Å². The number of nitrogens with one attached hydrogen (secondary N) is 1. The Bertz CT molecular complexity index is 542. The summed E-state index contributed by atoms with van der Waals surface area (Å²) in [5, 5.41) is 22.8. The molecule has 2 unspecified atom stereocenters. The number of aliphatic hydroxyl groups excluding tert-OH is 1. The van der Waals surface area contributed by atoms with Crippen LogP contribution in [0.25, 0.3) is 10.8 Å². The normalized spacial score (nSPS) is 14.4. The third-order valence-electron chi connectivity index (χ3n) is 3.00. The second-order valence-electron chi connectivity index (χ2n) is 4.46. The summed E-state index contributed by atoms with van der Waals surface area (Å²) in [5.41, 5.74) is 6.68. The monoisotopic (exact) mass is 246 g/mol. The Labute approximate surface area is 106 Å². The number of hydrogen-bond donors (Lipinski definition) is 3. The fourth-order valence-corrected chi connectivity index (χ4v) is 1.75. The zero-order valence-electron chi connectivity index (χ0n) is 10.6. The van der Waals surface area contributed by atoms with Gasteiger partial charge < -0.3 is 16.2 Å². The predicted molar refractivity (Wildman–Crippen MR) is 72.4 cm³/mol. The molecule has 0 bridgehead atoms. The molecule has 1 aromatic carbocycles. The van der Waals surface area contributed by atoms with E-state index >= 15 is 0 Å².